The minimum Gasteiger partial charge on any atom is -0.460 e. The molecule has 142 valence electrons. The lowest BCUT2D eigenvalue weighted by Crippen LogP contribution is -2.30. The molecular formula is C20H34N2O3. The number of nitriles is 2. The van der Waals surface area contributed by atoms with E-state index in [0.717, 1.165) is 64.2 Å². The van der Waals surface area contributed by atoms with Crippen molar-refractivity contribution in [3.8, 4) is 12.1 Å². The summed E-state index contributed by atoms with van der Waals surface area (Å²) in [4.78, 5) is 11.3. The second-order valence-corrected chi connectivity index (χ2v) is 6.64. The van der Waals surface area contributed by atoms with Gasteiger partial charge in [-0.25, -0.2) is 0 Å². The summed E-state index contributed by atoms with van der Waals surface area (Å²) in [5.41, 5.74) is 0. The topological polar surface area (TPSA) is 94.1 Å². The second-order valence-electron chi connectivity index (χ2n) is 6.64. The van der Waals surface area contributed by atoms with Crippen molar-refractivity contribution in [2.45, 2.75) is 109 Å². The van der Waals surface area contributed by atoms with E-state index in [-0.39, 0.29) is 5.97 Å². The minimum atomic E-state index is -0.596. The van der Waals surface area contributed by atoms with Gasteiger partial charge in [0.1, 0.15) is 6.10 Å². The molecule has 5 nitrogen and oxygen atoms in total. The summed E-state index contributed by atoms with van der Waals surface area (Å²) in [6, 6.07) is 4.29. The molecule has 25 heavy (non-hydrogen) atoms. The number of ether oxygens (including phenoxy) is 1. The molecule has 0 saturated carbocycles. The average molecular weight is 351 g/mol. The highest BCUT2D eigenvalue weighted by Crippen LogP contribution is 2.17. The Kier molecular flexibility index (Phi) is 16.1. The number of carbonyl (C=O) groups excluding carboxylic acids is 1. The van der Waals surface area contributed by atoms with E-state index in [4.69, 9.17) is 15.3 Å². The van der Waals surface area contributed by atoms with Crippen LogP contribution in [0.15, 0.2) is 0 Å². The molecule has 0 aromatic carbocycles. The summed E-state index contributed by atoms with van der Waals surface area (Å²) in [6.45, 7) is 1.39. The van der Waals surface area contributed by atoms with Crippen LogP contribution in [0.1, 0.15) is 96.8 Å². The van der Waals surface area contributed by atoms with Gasteiger partial charge in [-0.05, 0) is 32.1 Å². The molecule has 0 bridgehead atoms. The molecule has 0 radical (unpaired) electrons. The highest BCUT2D eigenvalue weighted by atomic mass is 16.6. The van der Waals surface area contributed by atoms with E-state index < -0.39 is 12.2 Å². The van der Waals surface area contributed by atoms with Gasteiger partial charge in [0.05, 0.1) is 18.2 Å². The van der Waals surface area contributed by atoms with E-state index in [1.807, 2.05) is 0 Å². The van der Waals surface area contributed by atoms with Crippen LogP contribution in [0.3, 0.4) is 0 Å². The lowest BCUT2D eigenvalue weighted by atomic mass is 9.99. The molecule has 0 amide bonds. The van der Waals surface area contributed by atoms with E-state index >= 15 is 0 Å². The van der Waals surface area contributed by atoms with E-state index in [1.54, 1.807) is 0 Å². The summed E-state index contributed by atoms with van der Waals surface area (Å²) in [5.74, 6) is -0.338. The maximum absolute atomic E-state index is 11.3. The Morgan fingerprint density at radius 2 is 1.28 bits per heavy atom. The van der Waals surface area contributed by atoms with Crippen molar-refractivity contribution in [2.24, 2.45) is 0 Å². The van der Waals surface area contributed by atoms with Gasteiger partial charge in [0.15, 0.2) is 0 Å². The summed E-state index contributed by atoms with van der Waals surface area (Å²) < 4.78 is 5.30. The van der Waals surface area contributed by atoms with Crippen molar-refractivity contribution in [2.75, 3.05) is 0 Å². The van der Waals surface area contributed by atoms with E-state index in [2.05, 4.69) is 12.1 Å². The van der Waals surface area contributed by atoms with E-state index in [1.165, 1.54) is 6.92 Å². The van der Waals surface area contributed by atoms with Gasteiger partial charge in [-0.3, -0.25) is 4.79 Å². The minimum absolute atomic E-state index is 0.338. The maximum Gasteiger partial charge on any atom is 0.302 e. The molecule has 1 N–H and O–H groups in total. The van der Waals surface area contributed by atoms with Crippen molar-refractivity contribution in [1.29, 1.82) is 10.5 Å². The van der Waals surface area contributed by atoms with Crippen LogP contribution >= 0.6 is 0 Å². The van der Waals surface area contributed by atoms with Gasteiger partial charge in [0.2, 0.25) is 0 Å². The van der Waals surface area contributed by atoms with Gasteiger partial charge in [-0.1, -0.05) is 44.9 Å². The third-order valence-corrected chi connectivity index (χ3v) is 4.31. The van der Waals surface area contributed by atoms with Gasteiger partial charge in [-0.15, -0.1) is 0 Å². The predicted molar refractivity (Wildman–Crippen MR) is 97.4 cm³/mol. The first-order valence-corrected chi connectivity index (χ1v) is 9.71. The van der Waals surface area contributed by atoms with E-state index in [0.29, 0.717) is 25.7 Å². The van der Waals surface area contributed by atoms with Crippen molar-refractivity contribution >= 4 is 5.97 Å². The van der Waals surface area contributed by atoms with Crippen molar-refractivity contribution in [3.63, 3.8) is 0 Å². The molecule has 2 atom stereocenters. The Morgan fingerprint density at radius 3 is 1.76 bits per heavy atom. The summed E-state index contributed by atoms with van der Waals surface area (Å²) >= 11 is 0. The molecule has 0 spiro atoms. The van der Waals surface area contributed by atoms with Crippen LogP contribution < -0.4 is 0 Å². The Balaban J connectivity index is 3.89. The molecule has 0 heterocycles. The zero-order valence-corrected chi connectivity index (χ0v) is 15.7. The average Bonchev–Trinajstić information content (AvgIpc) is 2.58. The van der Waals surface area contributed by atoms with Crippen molar-refractivity contribution in [3.05, 3.63) is 0 Å². The van der Waals surface area contributed by atoms with Crippen molar-refractivity contribution in [1.82, 2.24) is 0 Å². The predicted octanol–water partition coefficient (Wildman–Crippen LogP) is 4.79. The highest BCUT2D eigenvalue weighted by Gasteiger charge is 2.21. The molecule has 2 unspecified atom stereocenters. The van der Waals surface area contributed by atoms with Crippen LogP contribution in [0.25, 0.3) is 0 Å². The zero-order chi connectivity index (χ0) is 18.8. The maximum atomic E-state index is 11.3. The van der Waals surface area contributed by atoms with Gasteiger partial charge < -0.3 is 9.84 Å². The standard InChI is InChI=1S/C20H34N2O3/c1-18(23)25-20(15-11-7-3-5-9-13-17-22)19(24)14-10-6-2-4-8-12-16-21/h19-20,24H,2-15H2,1H3. The molecule has 0 saturated heterocycles. The van der Waals surface area contributed by atoms with Gasteiger partial charge >= 0.3 is 5.97 Å². The molecule has 0 rings (SSSR count). The van der Waals surface area contributed by atoms with Gasteiger partial charge in [0, 0.05) is 19.8 Å². The molecule has 0 aliphatic heterocycles. The number of carbonyl (C=O) groups is 1. The quantitative estimate of drug-likeness (QED) is 0.319. The monoisotopic (exact) mass is 350 g/mol. The first-order chi connectivity index (χ1) is 12.1. The molecule has 0 aromatic heterocycles. The first-order valence-electron chi connectivity index (χ1n) is 9.71. The fraction of sp³-hybridized carbons (Fsp3) is 0.850. The van der Waals surface area contributed by atoms with Gasteiger partial charge in [0.25, 0.3) is 0 Å². The van der Waals surface area contributed by atoms with Crippen molar-refractivity contribution < 1.29 is 14.6 Å². The molecule has 0 aliphatic rings. The fourth-order valence-electron chi connectivity index (χ4n) is 2.90. The second kappa shape index (κ2) is 17.2. The number of hydrogen-bond donors (Lipinski definition) is 1. The number of hydrogen-bond acceptors (Lipinski definition) is 5. The van der Waals surface area contributed by atoms with E-state index in [9.17, 15) is 9.90 Å². The van der Waals surface area contributed by atoms with Crippen LogP contribution in [0, 0.1) is 22.7 Å². The SMILES string of the molecule is CC(=O)OC(CCCCCCCC#N)C(O)CCCCCCCC#N. The molecule has 0 aliphatic carbocycles. The fourth-order valence-corrected chi connectivity index (χ4v) is 2.90. The number of aliphatic hydroxyl groups excluding tert-OH is 1. The molecular weight excluding hydrogens is 316 g/mol. The smallest absolute Gasteiger partial charge is 0.302 e. The molecule has 0 fully saturated rings. The largest absolute Gasteiger partial charge is 0.460 e. The summed E-state index contributed by atoms with van der Waals surface area (Å²) in [6.07, 6.45) is 11.7. The summed E-state index contributed by atoms with van der Waals surface area (Å²) in [5, 5.41) is 27.3. The Hall–Kier alpha value is -1.59. The van der Waals surface area contributed by atoms with Crippen LogP contribution in [0.5, 0.6) is 0 Å². The number of nitrogens with zero attached hydrogens (tertiary/aromatic N) is 2. The lowest BCUT2D eigenvalue weighted by molar-refractivity contribution is -0.153. The Morgan fingerprint density at radius 1 is 0.840 bits per heavy atom. The third kappa shape index (κ3) is 15.7. The highest BCUT2D eigenvalue weighted by molar-refractivity contribution is 5.66. The Bertz CT molecular complexity index is 412. The number of unbranched alkanes of at least 4 members (excludes halogenated alkanes) is 10. The lowest BCUT2D eigenvalue weighted by Gasteiger charge is -2.22. The van der Waals surface area contributed by atoms with Gasteiger partial charge in [-0.2, -0.15) is 10.5 Å². The van der Waals surface area contributed by atoms with Crippen LogP contribution in [-0.4, -0.2) is 23.3 Å². The first kappa shape index (κ1) is 23.4. The zero-order valence-electron chi connectivity index (χ0n) is 15.7. The van der Waals surface area contributed by atoms with Crippen LogP contribution in [0.4, 0.5) is 0 Å². The normalized spacial score (nSPS) is 12.8. The molecule has 5 heteroatoms. The number of aliphatic hydroxyl groups is 1. The summed E-state index contributed by atoms with van der Waals surface area (Å²) in [7, 11) is 0. The number of esters is 1. The molecule has 0 aromatic rings. The third-order valence-electron chi connectivity index (χ3n) is 4.31. The number of rotatable bonds is 16. The van der Waals surface area contributed by atoms with Crippen LogP contribution in [-0.2, 0) is 9.53 Å². The Labute approximate surface area is 153 Å². The van der Waals surface area contributed by atoms with Crippen LogP contribution in [0.2, 0.25) is 0 Å².